The van der Waals surface area contributed by atoms with E-state index in [2.05, 4.69) is 6.07 Å². The largest absolute Gasteiger partial charge is 0.497 e. The molecular formula is C12H14N2O2. The van der Waals surface area contributed by atoms with E-state index in [9.17, 15) is 5.11 Å². The molecule has 84 valence electrons. The Morgan fingerprint density at radius 2 is 2.06 bits per heavy atom. The van der Waals surface area contributed by atoms with E-state index >= 15 is 0 Å². The quantitative estimate of drug-likeness (QED) is 0.820. The molecule has 0 bridgehead atoms. The fraction of sp³-hybridized carbons (Fsp3) is 0.417. The van der Waals surface area contributed by atoms with Gasteiger partial charge in [0, 0.05) is 13.1 Å². The minimum Gasteiger partial charge on any atom is -0.497 e. The maximum absolute atomic E-state index is 9.22. The Bertz CT molecular complexity index is 390. The molecular weight excluding hydrogens is 204 g/mol. The summed E-state index contributed by atoms with van der Waals surface area (Å²) in [7, 11) is 1.61. The summed E-state index contributed by atoms with van der Waals surface area (Å²) in [6.07, 6.45) is -0.283. The van der Waals surface area contributed by atoms with Gasteiger partial charge in [0.25, 0.3) is 0 Å². The van der Waals surface area contributed by atoms with E-state index in [0.717, 1.165) is 11.3 Å². The van der Waals surface area contributed by atoms with Crippen LogP contribution >= 0.6 is 0 Å². The van der Waals surface area contributed by atoms with Crippen LogP contribution in [0.25, 0.3) is 0 Å². The number of nitriles is 1. The first kappa shape index (κ1) is 10.9. The highest BCUT2D eigenvalue weighted by molar-refractivity contribution is 5.32. The highest BCUT2D eigenvalue weighted by atomic mass is 16.5. The predicted molar refractivity (Wildman–Crippen MR) is 58.9 cm³/mol. The lowest BCUT2D eigenvalue weighted by Gasteiger charge is -2.38. The fourth-order valence-corrected chi connectivity index (χ4v) is 1.85. The predicted octanol–water partition coefficient (Wildman–Crippen LogP) is 0.936. The molecule has 2 rings (SSSR count). The Hall–Kier alpha value is -1.57. The Balaban J connectivity index is 2.11. The molecule has 0 aromatic heterocycles. The lowest BCUT2D eigenvalue weighted by molar-refractivity contribution is -0.0127. The highest BCUT2D eigenvalue weighted by Gasteiger charge is 2.31. The third-order valence-corrected chi connectivity index (χ3v) is 2.81. The van der Waals surface area contributed by atoms with Gasteiger partial charge >= 0.3 is 0 Å². The third-order valence-electron chi connectivity index (χ3n) is 2.81. The zero-order valence-electron chi connectivity index (χ0n) is 9.13. The topological polar surface area (TPSA) is 56.5 Å². The van der Waals surface area contributed by atoms with Crippen molar-refractivity contribution in [2.24, 2.45) is 0 Å². The van der Waals surface area contributed by atoms with E-state index in [1.807, 2.05) is 29.2 Å². The molecule has 1 aliphatic rings. The number of β-amino-alcohol motifs (C(OH)–C–C–N with tert-alkyl or cyclic N) is 1. The maximum Gasteiger partial charge on any atom is 0.124 e. The van der Waals surface area contributed by atoms with Crippen molar-refractivity contribution in [2.45, 2.75) is 12.1 Å². The van der Waals surface area contributed by atoms with Crippen LogP contribution in [0.15, 0.2) is 24.3 Å². The summed E-state index contributed by atoms with van der Waals surface area (Å²) < 4.78 is 5.06. The summed E-state index contributed by atoms with van der Waals surface area (Å²) in [6.45, 7) is 1.15. The van der Waals surface area contributed by atoms with Crippen LogP contribution in [0.3, 0.4) is 0 Å². The van der Waals surface area contributed by atoms with Crippen molar-refractivity contribution in [1.82, 2.24) is 4.90 Å². The van der Waals surface area contributed by atoms with Gasteiger partial charge in [0.2, 0.25) is 0 Å². The summed E-state index contributed by atoms with van der Waals surface area (Å²) in [4.78, 5) is 1.95. The number of aliphatic hydroxyl groups is 1. The first-order valence-corrected chi connectivity index (χ1v) is 5.20. The molecule has 1 N–H and O–H groups in total. The normalized spacial score (nSPS) is 18.6. The van der Waals surface area contributed by atoms with Gasteiger partial charge < -0.3 is 9.84 Å². The van der Waals surface area contributed by atoms with E-state index in [1.54, 1.807) is 7.11 Å². The summed E-state index contributed by atoms with van der Waals surface area (Å²) in [5, 5.41) is 18.3. The lowest BCUT2D eigenvalue weighted by Crippen LogP contribution is -2.51. The Kier molecular flexibility index (Phi) is 3.09. The smallest absolute Gasteiger partial charge is 0.124 e. The van der Waals surface area contributed by atoms with Crippen LogP contribution in [0.1, 0.15) is 11.6 Å². The zero-order chi connectivity index (χ0) is 11.5. The molecule has 0 aliphatic carbocycles. The standard InChI is InChI=1S/C12H14N2O2/c1-16-11-4-2-9(3-5-11)12(6-13)14-7-10(15)8-14/h2-5,10,12,15H,7-8H2,1H3/t12-/m1/s1. The second-order valence-corrected chi connectivity index (χ2v) is 3.91. The van der Waals surface area contributed by atoms with Crippen molar-refractivity contribution >= 4 is 0 Å². The number of ether oxygens (including phenoxy) is 1. The number of benzene rings is 1. The molecule has 0 saturated carbocycles. The molecule has 1 aromatic rings. The molecule has 1 atom stereocenters. The molecule has 1 aromatic carbocycles. The van der Waals surface area contributed by atoms with E-state index in [-0.39, 0.29) is 12.1 Å². The average molecular weight is 218 g/mol. The van der Waals surface area contributed by atoms with Crippen LogP contribution in [0.5, 0.6) is 5.75 Å². The first-order valence-electron chi connectivity index (χ1n) is 5.20. The minimum absolute atomic E-state index is 0.269. The van der Waals surface area contributed by atoms with Gasteiger partial charge in [0.15, 0.2) is 0 Å². The van der Waals surface area contributed by atoms with Gasteiger partial charge in [-0.15, -0.1) is 0 Å². The van der Waals surface area contributed by atoms with E-state index in [1.165, 1.54) is 0 Å². The van der Waals surface area contributed by atoms with Gasteiger partial charge in [0.1, 0.15) is 11.8 Å². The fourth-order valence-electron chi connectivity index (χ4n) is 1.85. The van der Waals surface area contributed by atoms with Crippen molar-refractivity contribution in [3.05, 3.63) is 29.8 Å². The van der Waals surface area contributed by atoms with Crippen LogP contribution in [-0.4, -0.2) is 36.3 Å². The van der Waals surface area contributed by atoms with E-state index in [0.29, 0.717) is 13.1 Å². The molecule has 0 amide bonds. The highest BCUT2D eigenvalue weighted by Crippen LogP contribution is 2.26. The number of methoxy groups -OCH3 is 1. The Morgan fingerprint density at radius 1 is 1.44 bits per heavy atom. The molecule has 0 spiro atoms. The van der Waals surface area contributed by atoms with Gasteiger partial charge in [-0.3, -0.25) is 4.90 Å². The zero-order valence-corrected chi connectivity index (χ0v) is 9.13. The van der Waals surface area contributed by atoms with Crippen LogP contribution in [0.4, 0.5) is 0 Å². The number of hydrogen-bond donors (Lipinski definition) is 1. The van der Waals surface area contributed by atoms with Gasteiger partial charge in [-0.05, 0) is 17.7 Å². The van der Waals surface area contributed by atoms with Crippen LogP contribution in [0, 0.1) is 11.3 Å². The summed E-state index contributed by atoms with van der Waals surface area (Å²) >= 11 is 0. The number of aliphatic hydroxyl groups excluding tert-OH is 1. The number of hydrogen-bond acceptors (Lipinski definition) is 4. The molecule has 16 heavy (non-hydrogen) atoms. The van der Waals surface area contributed by atoms with Gasteiger partial charge in [0.05, 0.1) is 19.3 Å². The molecule has 1 fully saturated rings. The number of likely N-dealkylation sites (tertiary alicyclic amines) is 1. The Morgan fingerprint density at radius 3 is 2.50 bits per heavy atom. The summed E-state index contributed by atoms with van der Waals surface area (Å²) in [5.74, 6) is 0.782. The van der Waals surface area contributed by atoms with Crippen LogP contribution < -0.4 is 4.74 Å². The van der Waals surface area contributed by atoms with Crippen molar-refractivity contribution in [1.29, 1.82) is 5.26 Å². The van der Waals surface area contributed by atoms with Crippen molar-refractivity contribution in [3.63, 3.8) is 0 Å². The summed E-state index contributed by atoms with van der Waals surface area (Å²) in [5.41, 5.74) is 0.940. The van der Waals surface area contributed by atoms with Gasteiger partial charge in [-0.25, -0.2) is 0 Å². The molecule has 4 nitrogen and oxygen atoms in total. The van der Waals surface area contributed by atoms with Gasteiger partial charge in [-0.1, -0.05) is 12.1 Å². The Labute approximate surface area is 94.7 Å². The molecule has 1 aliphatic heterocycles. The van der Waals surface area contributed by atoms with E-state index in [4.69, 9.17) is 10.00 Å². The van der Waals surface area contributed by atoms with Crippen LogP contribution in [0.2, 0.25) is 0 Å². The summed E-state index contributed by atoms with van der Waals surface area (Å²) in [6, 6.07) is 9.44. The van der Waals surface area contributed by atoms with Crippen molar-refractivity contribution < 1.29 is 9.84 Å². The minimum atomic E-state index is -0.283. The van der Waals surface area contributed by atoms with E-state index < -0.39 is 0 Å². The monoisotopic (exact) mass is 218 g/mol. The molecule has 1 heterocycles. The molecule has 4 heteroatoms. The second-order valence-electron chi connectivity index (χ2n) is 3.91. The number of rotatable bonds is 3. The van der Waals surface area contributed by atoms with Gasteiger partial charge in [-0.2, -0.15) is 5.26 Å². The van der Waals surface area contributed by atoms with Crippen LogP contribution in [-0.2, 0) is 0 Å². The first-order chi connectivity index (χ1) is 7.74. The maximum atomic E-state index is 9.22. The third kappa shape index (κ3) is 2.01. The average Bonchev–Trinajstić information content (AvgIpc) is 2.28. The lowest BCUT2D eigenvalue weighted by atomic mass is 10.0. The second kappa shape index (κ2) is 4.52. The molecule has 0 unspecified atom stereocenters. The van der Waals surface area contributed by atoms with Crippen molar-refractivity contribution in [2.75, 3.05) is 20.2 Å². The van der Waals surface area contributed by atoms with Crippen molar-refractivity contribution in [3.8, 4) is 11.8 Å². The SMILES string of the molecule is COc1ccc([C@@H](C#N)N2CC(O)C2)cc1. The number of nitrogens with zero attached hydrogens (tertiary/aromatic N) is 2. The molecule has 1 saturated heterocycles. The molecule has 0 radical (unpaired) electrons.